The summed E-state index contributed by atoms with van der Waals surface area (Å²) in [5, 5.41) is 0. The smallest absolute Gasteiger partial charge is 0.330 e. The van der Waals surface area contributed by atoms with E-state index in [1.165, 1.54) is 6.08 Å². The number of carbonyl (C=O) groups is 1. The summed E-state index contributed by atoms with van der Waals surface area (Å²) in [4.78, 5) is 11.3. The minimum absolute atomic E-state index is 0.324. The molecule has 0 fully saturated rings. The van der Waals surface area contributed by atoms with Gasteiger partial charge in [-0.3, -0.25) is 0 Å². The van der Waals surface area contributed by atoms with Crippen LogP contribution in [0.25, 0.3) is 6.08 Å². The summed E-state index contributed by atoms with van der Waals surface area (Å²) in [6, 6.07) is 7.44. The Balaban J connectivity index is 2.37. The van der Waals surface area contributed by atoms with Gasteiger partial charge >= 0.3 is 5.97 Å². The Morgan fingerprint density at radius 1 is 1.33 bits per heavy atom. The van der Waals surface area contributed by atoms with E-state index in [4.69, 9.17) is 9.47 Å². The van der Waals surface area contributed by atoms with E-state index in [1.54, 1.807) is 19.3 Å². The van der Waals surface area contributed by atoms with Crippen LogP contribution in [0.5, 0.6) is 5.75 Å². The molecule has 0 amide bonds. The summed E-state index contributed by atoms with van der Waals surface area (Å²) < 4.78 is 10.1. The van der Waals surface area contributed by atoms with Crippen LogP contribution >= 0.6 is 0 Å². The van der Waals surface area contributed by atoms with Gasteiger partial charge in [0.05, 0.1) is 13.7 Å². The van der Waals surface area contributed by atoms with Crippen LogP contribution in [0.1, 0.15) is 18.4 Å². The maximum atomic E-state index is 11.3. The van der Waals surface area contributed by atoms with E-state index in [0.29, 0.717) is 6.61 Å². The highest BCUT2D eigenvalue weighted by molar-refractivity contribution is 5.87. The van der Waals surface area contributed by atoms with Gasteiger partial charge in [-0.25, -0.2) is 4.79 Å². The molecule has 0 aliphatic rings. The minimum atomic E-state index is -0.324. The fraction of sp³-hybridized carbons (Fsp3) is 0.267. The quantitative estimate of drug-likeness (QED) is 0.321. The molecular weight excluding hydrogens is 228 g/mol. The molecule has 18 heavy (non-hydrogen) atoms. The van der Waals surface area contributed by atoms with Gasteiger partial charge < -0.3 is 9.47 Å². The normalized spacial score (nSPS) is 10.3. The SMILES string of the molecule is C=CCCCOC(=O)/C=C/c1ccc(OC)cc1. The lowest BCUT2D eigenvalue weighted by atomic mass is 10.2. The number of esters is 1. The number of ether oxygens (including phenoxy) is 2. The average molecular weight is 246 g/mol. The molecule has 0 saturated heterocycles. The van der Waals surface area contributed by atoms with E-state index < -0.39 is 0 Å². The highest BCUT2D eigenvalue weighted by Gasteiger charge is 1.96. The molecule has 96 valence electrons. The van der Waals surface area contributed by atoms with Crippen molar-refractivity contribution in [1.82, 2.24) is 0 Å². The van der Waals surface area contributed by atoms with E-state index in [-0.39, 0.29) is 5.97 Å². The second-order valence-electron chi connectivity index (χ2n) is 3.70. The zero-order chi connectivity index (χ0) is 13.2. The van der Waals surface area contributed by atoms with E-state index in [0.717, 1.165) is 24.2 Å². The van der Waals surface area contributed by atoms with Gasteiger partial charge in [0, 0.05) is 6.08 Å². The van der Waals surface area contributed by atoms with Gasteiger partial charge in [0.25, 0.3) is 0 Å². The van der Waals surface area contributed by atoms with Crippen LogP contribution in [0.4, 0.5) is 0 Å². The van der Waals surface area contributed by atoms with E-state index >= 15 is 0 Å². The molecule has 3 nitrogen and oxygen atoms in total. The van der Waals surface area contributed by atoms with Crippen molar-refractivity contribution in [2.45, 2.75) is 12.8 Å². The van der Waals surface area contributed by atoms with Gasteiger partial charge in [-0.1, -0.05) is 18.2 Å². The van der Waals surface area contributed by atoms with Crippen molar-refractivity contribution in [3.8, 4) is 5.75 Å². The molecule has 0 aliphatic heterocycles. The van der Waals surface area contributed by atoms with Crippen LogP contribution in [0.3, 0.4) is 0 Å². The fourth-order valence-corrected chi connectivity index (χ4v) is 1.33. The van der Waals surface area contributed by atoms with E-state index in [9.17, 15) is 4.79 Å². The summed E-state index contributed by atoms with van der Waals surface area (Å²) in [7, 11) is 1.62. The number of carbonyl (C=O) groups excluding carboxylic acids is 1. The number of hydrogen-bond donors (Lipinski definition) is 0. The van der Waals surface area contributed by atoms with Crippen LogP contribution in [0.15, 0.2) is 43.0 Å². The lowest BCUT2D eigenvalue weighted by molar-refractivity contribution is -0.137. The third kappa shape index (κ3) is 5.34. The molecule has 0 spiro atoms. The van der Waals surface area contributed by atoms with Crippen LogP contribution in [-0.2, 0) is 9.53 Å². The fourth-order valence-electron chi connectivity index (χ4n) is 1.33. The van der Waals surface area contributed by atoms with Crippen molar-refractivity contribution < 1.29 is 14.3 Å². The third-order valence-corrected chi connectivity index (χ3v) is 2.32. The van der Waals surface area contributed by atoms with Crippen molar-refractivity contribution in [2.24, 2.45) is 0 Å². The van der Waals surface area contributed by atoms with Gasteiger partial charge in [0.15, 0.2) is 0 Å². The zero-order valence-corrected chi connectivity index (χ0v) is 10.6. The van der Waals surface area contributed by atoms with Gasteiger partial charge in [-0.15, -0.1) is 6.58 Å². The first kappa shape index (κ1) is 14.0. The molecule has 0 bridgehead atoms. The molecule has 1 rings (SSSR count). The molecule has 0 radical (unpaired) electrons. The molecule has 0 aliphatic carbocycles. The maximum Gasteiger partial charge on any atom is 0.330 e. The number of rotatable bonds is 7. The van der Waals surface area contributed by atoms with E-state index in [1.807, 2.05) is 24.3 Å². The number of allylic oxidation sites excluding steroid dienone is 1. The van der Waals surface area contributed by atoms with Crippen LogP contribution in [0, 0.1) is 0 Å². The lowest BCUT2D eigenvalue weighted by Crippen LogP contribution is -2.01. The van der Waals surface area contributed by atoms with Crippen molar-refractivity contribution in [3.63, 3.8) is 0 Å². The van der Waals surface area contributed by atoms with Gasteiger partial charge in [-0.2, -0.15) is 0 Å². The van der Waals surface area contributed by atoms with E-state index in [2.05, 4.69) is 6.58 Å². The first-order chi connectivity index (χ1) is 8.76. The first-order valence-electron chi connectivity index (χ1n) is 5.86. The Morgan fingerprint density at radius 2 is 2.06 bits per heavy atom. The number of hydrogen-bond acceptors (Lipinski definition) is 3. The molecule has 1 aromatic rings. The Kier molecular flexibility index (Phi) is 6.33. The molecule has 3 heteroatoms. The average Bonchev–Trinajstić information content (AvgIpc) is 2.42. The van der Waals surface area contributed by atoms with Crippen LogP contribution < -0.4 is 4.74 Å². The Labute approximate surface area is 108 Å². The summed E-state index contributed by atoms with van der Waals surface area (Å²) in [5.41, 5.74) is 0.929. The molecule has 0 aromatic heterocycles. The maximum absolute atomic E-state index is 11.3. The first-order valence-corrected chi connectivity index (χ1v) is 5.86. The van der Waals surface area contributed by atoms with Crippen LogP contribution in [0.2, 0.25) is 0 Å². The van der Waals surface area contributed by atoms with Gasteiger partial charge in [0.2, 0.25) is 0 Å². The molecule has 1 aromatic carbocycles. The minimum Gasteiger partial charge on any atom is -0.497 e. The van der Waals surface area contributed by atoms with Crippen molar-refractivity contribution in [1.29, 1.82) is 0 Å². The molecular formula is C15H18O3. The number of methoxy groups -OCH3 is 1. The van der Waals surface area contributed by atoms with Crippen LogP contribution in [-0.4, -0.2) is 19.7 Å². The second kappa shape index (κ2) is 8.12. The largest absolute Gasteiger partial charge is 0.497 e. The lowest BCUT2D eigenvalue weighted by Gasteiger charge is -2.00. The van der Waals surface area contributed by atoms with Gasteiger partial charge in [-0.05, 0) is 36.6 Å². The van der Waals surface area contributed by atoms with Crippen molar-refractivity contribution >= 4 is 12.0 Å². The Morgan fingerprint density at radius 3 is 2.67 bits per heavy atom. The number of benzene rings is 1. The van der Waals surface area contributed by atoms with Gasteiger partial charge in [0.1, 0.15) is 5.75 Å². The zero-order valence-electron chi connectivity index (χ0n) is 10.6. The monoisotopic (exact) mass is 246 g/mol. The molecule has 0 atom stereocenters. The summed E-state index contributed by atoms with van der Waals surface area (Å²) in [6.45, 7) is 4.03. The summed E-state index contributed by atoms with van der Waals surface area (Å²) in [6.07, 6.45) is 6.62. The number of unbranched alkanes of at least 4 members (excludes halogenated alkanes) is 1. The Bertz CT molecular complexity index is 404. The molecule has 0 N–H and O–H groups in total. The topological polar surface area (TPSA) is 35.5 Å². The Hall–Kier alpha value is -2.03. The summed E-state index contributed by atoms with van der Waals surface area (Å²) >= 11 is 0. The molecule has 0 heterocycles. The highest BCUT2D eigenvalue weighted by atomic mass is 16.5. The molecule has 0 unspecified atom stereocenters. The highest BCUT2D eigenvalue weighted by Crippen LogP contribution is 2.12. The summed E-state index contributed by atoms with van der Waals surface area (Å²) in [5.74, 6) is 0.467. The third-order valence-electron chi connectivity index (χ3n) is 2.32. The predicted octanol–water partition coefficient (Wildman–Crippen LogP) is 3.22. The van der Waals surface area contributed by atoms with Crippen molar-refractivity contribution in [3.05, 3.63) is 48.6 Å². The predicted molar refractivity (Wildman–Crippen MR) is 72.4 cm³/mol. The standard InChI is InChI=1S/C15H18O3/c1-3-4-5-12-18-15(16)11-8-13-6-9-14(17-2)10-7-13/h3,6-11H,1,4-5,12H2,2H3/b11-8+. The second-order valence-corrected chi connectivity index (χ2v) is 3.70. The molecule has 0 saturated carbocycles. The van der Waals surface area contributed by atoms with Crippen molar-refractivity contribution in [2.75, 3.05) is 13.7 Å².